The summed E-state index contributed by atoms with van der Waals surface area (Å²) >= 11 is 0. The van der Waals surface area contributed by atoms with Gasteiger partial charge in [0.1, 0.15) is 6.10 Å². The van der Waals surface area contributed by atoms with E-state index >= 15 is 0 Å². The summed E-state index contributed by atoms with van der Waals surface area (Å²) in [6.07, 6.45) is -0.879. The molecule has 0 saturated carbocycles. The second-order valence-electron chi connectivity index (χ2n) is 6.18. The number of hydrogen-bond donors (Lipinski definition) is 1. The minimum absolute atomic E-state index is 0.170. The minimum atomic E-state index is -0.472. The predicted octanol–water partition coefficient (Wildman–Crippen LogP) is 3.05. The molecule has 2 aliphatic rings. The van der Waals surface area contributed by atoms with E-state index in [9.17, 15) is 9.59 Å². The first-order valence-corrected chi connectivity index (χ1v) is 8.44. The first-order valence-electron chi connectivity index (χ1n) is 8.44. The summed E-state index contributed by atoms with van der Waals surface area (Å²) in [5, 5.41) is 2.65. The topological polar surface area (TPSA) is 86.3 Å². The van der Waals surface area contributed by atoms with Gasteiger partial charge < -0.3 is 24.3 Å². The van der Waals surface area contributed by atoms with Gasteiger partial charge in [0, 0.05) is 13.0 Å². The molecule has 0 radical (unpaired) electrons. The average Bonchev–Trinajstić information content (AvgIpc) is 3.04. The van der Waals surface area contributed by atoms with E-state index < -0.39 is 12.2 Å². The molecule has 4 rings (SSSR count). The molecule has 1 N–H and O–H groups in total. The molecule has 2 aromatic carbocycles. The number of anilines is 1. The number of hydrogen-bond acceptors (Lipinski definition) is 6. The van der Waals surface area contributed by atoms with E-state index in [0.717, 1.165) is 0 Å². The van der Waals surface area contributed by atoms with Crippen molar-refractivity contribution in [1.29, 1.82) is 0 Å². The number of nitrogens with one attached hydrogen (secondary N) is 1. The summed E-state index contributed by atoms with van der Waals surface area (Å²) in [6, 6.07) is 10.6. The molecule has 0 aromatic heterocycles. The number of benzene rings is 2. The van der Waals surface area contributed by atoms with Gasteiger partial charge in [-0.3, -0.25) is 9.69 Å². The molecule has 2 heterocycles. The van der Waals surface area contributed by atoms with Crippen LogP contribution < -0.4 is 24.4 Å². The monoisotopic (exact) mass is 370 g/mol. The number of ether oxygens (including phenoxy) is 4. The maximum atomic E-state index is 12.2. The molecule has 1 saturated heterocycles. The molecule has 1 fully saturated rings. The van der Waals surface area contributed by atoms with Crippen LogP contribution in [0, 0.1) is 0 Å². The van der Waals surface area contributed by atoms with Crippen LogP contribution in [0.15, 0.2) is 36.4 Å². The lowest BCUT2D eigenvalue weighted by Gasteiger charge is -2.23. The first kappa shape index (κ1) is 17.0. The zero-order chi connectivity index (χ0) is 19.0. The lowest BCUT2D eigenvalue weighted by Crippen LogP contribution is -2.33. The van der Waals surface area contributed by atoms with Gasteiger partial charge in [-0.2, -0.15) is 0 Å². The van der Waals surface area contributed by atoms with E-state index in [1.54, 1.807) is 37.4 Å². The Bertz CT molecular complexity index is 913. The fourth-order valence-electron chi connectivity index (χ4n) is 2.99. The average molecular weight is 370 g/mol. The molecular weight excluding hydrogens is 352 g/mol. The summed E-state index contributed by atoms with van der Waals surface area (Å²) in [5.41, 5.74) is 0.617. The van der Waals surface area contributed by atoms with Crippen molar-refractivity contribution >= 4 is 17.7 Å². The van der Waals surface area contributed by atoms with E-state index in [0.29, 0.717) is 41.0 Å². The minimum Gasteiger partial charge on any atom is -0.493 e. The van der Waals surface area contributed by atoms with Crippen LogP contribution in [0.3, 0.4) is 0 Å². The maximum absolute atomic E-state index is 12.2. The third-order valence-electron chi connectivity index (χ3n) is 4.29. The zero-order valence-electron chi connectivity index (χ0n) is 14.9. The van der Waals surface area contributed by atoms with Crippen LogP contribution in [0.4, 0.5) is 10.5 Å². The summed E-state index contributed by atoms with van der Waals surface area (Å²) in [5.74, 6) is 2.45. The van der Waals surface area contributed by atoms with Crippen molar-refractivity contribution in [3.05, 3.63) is 36.4 Å². The van der Waals surface area contributed by atoms with Crippen LogP contribution in [0.25, 0.3) is 0 Å². The molecule has 2 aromatic rings. The molecule has 0 spiro atoms. The Morgan fingerprint density at radius 1 is 1.22 bits per heavy atom. The molecule has 2 amide bonds. The molecule has 140 valence electrons. The molecule has 0 bridgehead atoms. The highest BCUT2D eigenvalue weighted by atomic mass is 16.6. The Morgan fingerprint density at radius 3 is 2.85 bits per heavy atom. The van der Waals surface area contributed by atoms with Crippen LogP contribution in [0.2, 0.25) is 0 Å². The van der Waals surface area contributed by atoms with Crippen molar-refractivity contribution in [3.8, 4) is 28.7 Å². The zero-order valence-corrected chi connectivity index (χ0v) is 14.9. The van der Waals surface area contributed by atoms with Gasteiger partial charge in [0.15, 0.2) is 23.0 Å². The van der Waals surface area contributed by atoms with Crippen molar-refractivity contribution < 1.29 is 28.5 Å². The number of carbonyl (C=O) groups is 2. The number of methoxy groups -OCH3 is 1. The molecule has 8 heteroatoms. The van der Waals surface area contributed by atoms with E-state index in [1.165, 1.54) is 11.8 Å². The number of amides is 2. The van der Waals surface area contributed by atoms with Crippen LogP contribution in [0.1, 0.15) is 6.92 Å². The van der Waals surface area contributed by atoms with Crippen molar-refractivity contribution in [2.24, 2.45) is 0 Å². The highest BCUT2D eigenvalue weighted by molar-refractivity contribution is 5.90. The third kappa shape index (κ3) is 3.21. The van der Waals surface area contributed by atoms with Gasteiger partial charge in [0.05, 0.1) is 25.9 Å². The number of para-hydroxylation sites is 1. The predicted molar refractivity (Wildman–Crippen MR) is 95.9 cm³/mol. The molecule has 0 unspecified atom stereocenters. The van der Waals surface area contributed by atoms with Gasteiger partial charge in [-0.15, -0.1) is 0 Å². The molecule has 2 aliphatic heterocycles. The van der Waals surface area contributed by atoms with E-state index in [1.807, 2.05) is 6.07 Å². The van der Waals surface area contributed by atoms with Gasteiger partial charge in [-0.1, -0.05) is 6.07 Å². The Labute approximate surface area is 155 Å². The highest BCUT2D eigenvalue weighted by Gasteiger charge is 2.33. The Hall–Kier alpha value is -3.42. The van der Waals surface area contributed by atoms with Crippen molar-refractivity contribution in [1.82, 2.24) is 5.32 Å². The Morgan fingerprint density at radius 2 is 2.07 bits per heavy atom. The van der Waals surface area contributed by atoms with Gasteiger partial charge in [-0.25, -0.2) is 4.79 Å². The fraction of sp³-hybridized carbons (Fsp3) is 0.263. The highest BCUT2D eigenvalue weighted by Crippen LogP contribution is 2.50. The second-order valence-corrected chi connectivity index (χ2v) is 6.18. The molecule has 8 nitrogen and oxygen atoms in total. The van der Waals surface area contributed by atoms with Crippen molar-refractivity contribution in [2.45, 2.75) is 13.0 Å². The third-order valence-corrected chi connectivity index (χ3v) is 4.29. The summed E-state index contributed by atoms with van der Waals surface area (Å²) < 4.78 is 22.4. The Kier molecular flexibility index (Phi) is 4.23. The van der Waals surface area contributed by atoms with E-state index in [-0.39, 0.29) is 12.5 Å². The second kappa shape index (κ2) is 6.71. The quantitative estimate of drug-likeness (QED) is 0.760. The maximum Gasteiger partial charge on any atom is 0.414 e. The normalized spacial score (nSPS) is 17.2. The number of nitrogens with zero attached hydrogens (tertiary/aromatic N) is 1. The molecular formula is C19H18N2O6. The summed E-state index contributed by atoms with van der Waals surface area (Å²) in [7, 11) is 1.56. The van der Waals surface area contributed by atoms with Crippen LogP contribution >= 0.6 is 0 Å². The number of cyclic esters (lactones) is 1. The first-order chi connectivity index (χ1) is 13.0. The Balaban J connectivity index is 1.56. The van der Waals surface area contributed by atoms with Gasteiger partial charge in [0.2, 0.25) is 11.7 Å². The molecule has 27 heavy (non-hydrogen) atoms. The number of fused-ring (bicyclic) bond motifs is 2. The fourth-order valence-corrected chi connectivity index (χ4v) is 2.99. The molecule has 1 atom stereocenters. The number of carbonyl (C=O) groups excluding carboxylic acids is 2. The van der Waals surface area contributed by atoms with Gasteiger partial charge >= 0.3 is 6.09 Å². The van der Waals surface area contributed by atoms with Crippen LogP contribution in [-0.2, 0) is 9.53 Å². The van der Waals surface area contributed by atoms with Crippen molar-refractivity contribution in [3.63, 3.8) is 0 Å². The molecule has 0 aliphatic carbocycles. The van der Waals surface area contributed by atoms with E-state index in [4.69, 9.17) is 18.9 Å². The van der Waals surface area contributed by atoms with Crippen LogP contribution in [-0.4, -0.2) is 38.3 Å². The smallest absolute Gasteiger partial charge is 0.414 e. The van der Waals surface area contributed by atoms with Crippen molar-refractivity contribution in [2.75, 3.05) is 25.1 Å². The standard InChI is InChI=1S/C19H18N2O6/c1-11(22)20-9-13-10-21(19(23)25-13)12-6-7-14-17(8-12)27-18-15(24-2)4-3-5-16(18)26-14/h3-8,13H,9-10H2,1-2H3,(H,20,22)/t13-/m0/s1. The summed E-state index contributed by atoms with van der Waals surface area (Å²) in [4.78, 5) is 24.7. The SMILES string of the molecule is COc1cccc2c1Oc1cc(N3C[C@H](CNC(C)=O)OC3=O)ccc1O2. The lowest BCUT2D eigenvalue weighted by atomic mass is 10.2. The van der Waals surface area contributed by atoms with Crippen LogP contribution in [0.5, 0.6) is 28.7 Å². The summed E-state index contributed by atoms with van der Waals surface area (Å²) in [6.45, 7) is 2.02. The van der Waals surface area contributed by atoms with Gasteiger partial charge in [-0.05, 0) is 24.3 Å². The lowest BCUT2D eigenvalue weighted by molar-refractivity contribution is -0.119. The van der Waals surface area contributed by atoms with Gasteiger partial charge in [0.25, 0.3) is 0 Å². The largest absolute Gasteiger partial charge is 0.493 e. The number of rotatable bonds is 4. The van der Waals surface area contributed by atoms with E-state index in [2.05, 4.69) is 5.32 Å².